The van der Waals surface area contributed by atoms with Crippen molar-refractivity contribution in [3.8, 4) is 0 Å². The van der Waals surface area contributed by atoms with E-state index in [1.54, 1.807) is 0 Å². The Balaban J connectivity index is 2.08. The van der Waals surface area contributed by atoms with Gasteiger partial charge in [0.25, 0.3) is 0 Å². The molecular weight excluding hydrogens is 288 g/mol. The van der Waals surface area contributed by atoms with Crippen LogP contribution in [0.4, 0.5) is 5.82 Å². The molecule has 1 aliphatic carbocycles. The smallest absolute Gasteiger partial charge is 0.126 e. The van der Waals surface area contributed by atoms with Crippen molar-refractivity contribution in [2.24, 2.45) is 0 Å². The molecule has 4 heteroatoms. The summed E-state index contributed by atoms with van der Waals surface area (Å²) in [5.74, 6) is 1.58. The van der Waals surface area contributed by atoms with Crippen LogP contribution in [0.2, 0.25) is 0 Å². The van der Waals surface area contributed by atoms with E-state index in [9.17, 15) is 0 Å². The minimum atomic E-state index is 0.0562. The predicted octanol–water partition coefficient (Wildman–Crippen LogP) is 4.20. The minimum Gasteiger partial charge on any atom is -0.363 e. The monoisotopic (exact) mass is 302 g/mol. The molecule has 0 aromatic carbocycles. The fourth-order valence-corrected chi connectivity index (χ4v) is 2.81. The first-order valence-corrected chi connectivity index (χ1v) is 7.03. The van der Waals surface area contributed by atoms with Crippen molar-refractivity contribution in [2.75, 3.05) is 11.2 Å². The second-order valence-electron chi connectivity index (χ2n) is 4.46. The van der Waals surface area contributed by atoms with E-state index in [-0.39, 0.29) is 5.54 Å². The quantitative estimate of drug-likeness (QED) is 0.847. The van der Waals surface area contributed by atoms with Crippen molar-refractivity contribution in [1.29, 1.82) is 0 Å². The first-order chi connectivity index (χ1) is 7.74. The van der Waals surface area contributed by atoms with Gasteiger partial charge in [0.2, 0.25) is 0 Å². The molecule has 1 heterocycles. The first-order valence-electron chi connectivity index (χ1n) is 5.70. The Bertz CT molecular complexity index is 333. The molecule has 1 aromatic rings. The summed E-state index contributed by atoms with van der Waals surface area (Å²) in [5.41, 5.74) is 0.0562. The first kappa shape index (κ1) is 12.2. The van der Waals surface area contributed by atoms with Crippen LogP contribution in [-0.2, 0) is 0 Å². The average molecular weight is 304 g/mol. The number of halogens is 2. The van der Waals surface area contributed by atoms with Crippen LogP contribution < -0.4 is 5.32 Å². The molecule has 88 valence electrons. The van der Waals surface area contributed by atoms with Crippen molar-refractivity contribution in [2.45, 2.75) is 37.6 Å². The molecular formula is C12H16BrClN2. The number of hydrogen-bond donors (Lipinski definition) is 1. The second kappa shape index (κ2) is 5.37. The Hall–Kier alpha value is -0.280. The normalized spacial score (nSPS) is 19.4. The Morgan fingerprint density at radius 2 is 2.06 bits per heavy atom. The Labute approximate surface area is 110 Å². The van der Waals surface area contributed by atoms with Gasteiger partial charge in [-0.3, -0.25) is 0 Å². The fourth-order valence-electron chi connectivity index (χ4n) is 2.24. The van der Waals surface area contributed by atoms with Crippen LogP contribution in [0, 0.1) is 0 Å². The number of hydrogen-bond acceptors (Lipinski definition) is 2. The molecule has 2 rings (SSSR count). The number of nitrogens with zero attached hydrogens (tertiary/aromatic N) is 1. The highest BCUT2D eigenvalue weighted by Crippen LogP contribution is 2.32. The average Bonchev–Trinajstić information content (AvgIpc) is 2.33. The molecule has 1 aromatic heterocycles. The third-order valence-corrected chi connectivity index (χ3v) is 4.17. The zero-order valence-corrected chi connectivity index (χ0v) is 11.5. The number of nitrogens with one attached hydrogen (secondary N) is 1. The highest BCUT2D eigenvalue weighted by molar-refractivity contribution is 9.10. The van der Waals surface area contributed by atoms with E-state index < -0.39 is 0 Å². The molecule has 1 fully saturated rings. The highest BCUT2D eigenvalue weighted by atomic mass is 79.9. The molecule has 0 aliphatic heterocycles. The van der Waals surface area contributed by atoms with E-state index in [1.165, 1.54) is 19.3 Å². The molecule has 2 nitrogen and oxygen atoms in total. The van der Waals surface area contributed by atoms with Crippen molar-refractivity contribution in [1.82, 2.24) is 4.98 Å². The topological polar surface area (TPSA) is 24.9 Å². The summed E-state index contributed by atoms with van der Waals surface area (Å²) in [5, 5.41) is 3.51. The predicted molar refractivity (Wildman–Crippen MR) is 72.1 cm³/mol. The lowest BCUT2D eigenvalue weighted by atomic mass is 9.83. The van der Waals surface area contributed by atoms with Crippen molar-refractivity contribution < 1.29 is 0 Å². The van der Waals surface area contributed by atoms with Gasteiger partial charge in [-0.25, -0.2) is 4.98 Å². The van der Waals surface area contributed by atoms with Crippen LogP contribution in [0.25, 0.3) is 0 Å². The van der Waals surface area contributed by atoms with Gasteiger partial charge in [0.05, 0.1) is 5.54 Å². The maximum Gasteiger partial charge on any atom is 0.126 e. The van der Waals surface area contributed by atoms with E-state index in [0.717, 1.165) is 23.1 Å². The van der Waals surface area contributed by atoms with Gasteiger partial charge in [0.1, 0.15) is 5.82 Å². The third-order valence-electron chi connectivity index (χ3n) is 3.19. The number of anilines is 1. The van der Waals surface area contributed by atoms with Gasteiger partial charge in [0, 0.05) is 16.5 Å². The standard InChI is InChI=1S/C12H16BrClN2/c13-10-4-5-11(15-8-10)16-12(9-14)6-2-1-3-7-12/h4-5,8H,1-3,6-7,9H2,(H,15,16). The van der Waals surface area contributed by atoms with Gasteiger partial charge in [-0.05, 0) is 40.9 Å². The molecule has 1 saturated carbocycles. The van der Waals surface area contributed by atoms with Crippen molar-refractivity contribution in [3.63, 3.8) is 0 Å². The Kier molecular flexibility index (Phi) is 4.09. The number of rotatable bonds is 3. The molecule has 0 spiro atoms. The molecule has 0 amide bonds. The zero-order chi connectivity index (χ0) is 11.4. The maximum atomic E-state index is 6.12. The van der Waals surface area contributed by atoms with Gasteiger partial charge >= 0.3 is 0 Å². The molecule has 0 bridgehead atoms. The van der Waals surface area contributed by atoms with Gasteiger partial charge in [0.15, 0.2) is 0 Å². The number of aromatic nitrogens is 1. The molecule has 1 N–H and O–H groups in total. The molecule has 16 heavy (non-hydrogen) atoms. The van der Waals surface area contributed by atoms with Crippen LogP contribution in [0.1, 0.15) is 32.1 Å². The van der Waals surface area contributed by atoms with Gasteiger partial charge in [-0.2, -0.15) is 0 Å². The lowest BCUT2D eigenvalue weighted by molar-refractivity contribution is 0.352. The van der Waals surface area contributed by atoms with Crippen LogP contribution >= 0.6 is 27.5 Å². The SMILES string of the molecule is ClCC1(Nc2ccc(Br)cn2)CCCCC1. The maximum absolute atomic E-state index is 6.12. The van der Waals surface area contributed by atoms with Crippen LogP contribution in [0.5, 0.6) is 0 Å². The summed E-state index contributed by atoms with van der Waals surface area (Å²) in [4.78, 5) is 4.35. The molecule has 0 radical (unpaired) electrons. The summed E-state index contributed by atoms with van der Waals surface area (Å²) >= 11 is 9.50. The minimum absolute atomic E-state index is 0.0562. The summed E-state index contributed by atoms with van der Waals surface area (Å²) in [6.45, 7) is 0. The van der Waals surface area contributed by atoms with Crippen LogP contribution in [0.15, 0.2) is 22.8 Å². The van der Waals surface area contributed by atoms with E-state index in [0.29, 0.717) is 5.88 Å². The largest absolute Gasteiger partial charge is 0.363 e. The molecule has 0 unspecified atom stereocenters. The lowest BCUT2D eigenvalue weighted by Crippen LogP contribution is -2.42. The zero-order valence-electron chi connectivity index (χ0n) is 9.18. The molecule has 0 saturated heterocycles. The third kappa shape index (κ3) is 2.89. The summed E-state index contributed by atoms with van der Waals surface area (Å²) in [6.07, 6.45) is 7.95. The Morgan fingerprint density at radius 3 is 2.62 bits per heavy atom. The van der Waals surface area contributed by atoms with E-state index in [4.69, 9.17) is 11.6 Å². The number of pyridine rings is 1. The lowest BCUT2D eigenvalue weighted by Gasteiger charge is -2.36. The van der Waals surface area contributed by atoms with E-state index in [1.807, 2.05) is 18.3 Å². The summed E-state index contributed by atoms with van der Waals surface area (Å²) < 4.78 is 1.00. The summed E-state index contributed by atoms with van der Waals surface area (Å²) in [7, 11) is 0. The van der Waals surface area contributed by atoms with Gasteiger partial charge in [-0.1, -0.05) is 19.3 Å². The highest BCUT2D eigenvalue weighted by Gasteiger charge is 2.31. The van der Waals surface area contributed by atoms with Crippen molar-refractivity contribution in [3.05, 3.63) is 22.8 Å². The molecule has 1 aliphatic rings. The van der Waals surface area contributed by atoms with E-state index >= 15 is 0 Å². The van der Waals surface area contributed by atoms with Crippen molar-refractivity contribution >= 4 is 33.3 Å². The fraction of sp³-hybridized carbons (Fsp3) is 0.583. The van der Waals surface area contributed by atoms with Gasteiger partial charge < -0.3 is 5.32 Å². The second-order valence-corrected chi connectivity index (χ2v) is 5.64. The number of alkyl halides is 1. The van der Waals surface area contributed by atoms with Gasteiger partial charge in [-0.15, -0.1) is 11.6 Å². The van der Waals surface area contributed by atoms with Crippen LogP contribution in [-0.4, -0.2) is 16.4 Å². The Morgan fingerprint density at radius 1 is 1.31 bits per heavy atom. The van der Waals surface area contributed by atoms with Crippen LogP contribution in [0.3, 0.4) is 0 Å². The summed E-state index contributed by atoms with van der Waals surface area (Å²) in [6, 6.07) is 3.99. The molecule has 0 atom stereocenters. The van der Waals surface area contributed by atoms with E-state index in [2.05, 4.69) is 26.2 Å².